The number of allylic oxidation sites excluding steroid dienone is 2. The van der Waals surface area contributed by atoms with Gasteiger partial charge in [0.25, 0.3) is 0 Å². The van der Waals surface area contributed by atoms with Gasteiger partial charge < -0.3 is 0 Å². The van der Waals surface area contributed by atoms with E-state index < -0.39 is 0 Å². The van der Waals surface area contributed by atoms with Crippen LogP contribution in [-0.2, 0) is 12.8 Å². The molecule has 0 aliphatic rings. The number of rotatable bonds is 4. The summed E-state index contributed by atoms with van der Waals surface area (Å²) in [5.74, 6) is 0. The molecule has 14 heavy (non-hydrogen) atoms. The number of benzene rings is 1. The topological polar surface area (TPSA) is 0 Å². The van der Waals surface area contributed by atoms with E-state index in [0.717, 1.165) is 11.1 Å². The summed E-state index contributed by atoms with van der Waals surface area (Å²) in [7, 11) is 0. The lowest BCUT2D eigenvalue weighted by Crippen LogP contribution is -1.87. The van der Waals surface area contributed by atoms with Crippen LogP contribution in [0.1, 0.15) is 11.1 Å². The van der Waals surface area contributed by atoms with Crippen LogP contribution in [-0.4, -0.2) is 0 Å². The van der Waals surface area contributed by atoms with Gasteiger partial charge in [0.2, 0.25) is 0 Å². The quantitative estimate of drug-likeness (QED) is 0.720. The van der Waals surface area contributed by atoms with Crippen molar-refractivity contribution in [1.29, 1.82) is 0 Å². The van der Waals surface area contributed by atoms with E-state index in [9.17, 15) is 0 Å². The first-order valence-electron chi connectivity index (χ1n) is 4.32. The first-order valence-corrected chi connectivity index (χ1v) is 5.08. The minimum atomic E-state index is 0.652. The van der Waals surface area contributed by atoms with Crippen LogP contribution in [0.15, 0.2) is 47.5 Å². The fourth-order valence-electron chi connectivity index (χ4n) is 1.22. The summed E-state index contributed by atoms with van der Waals surface area (Å²) in [5.41, 5.74) is 2.32. The van der Waals surface area contributed by atoms with Gasteiger partial charge in [-0.1, -0.05) is 60.6 Å². The molecular weight excluding hydrogens is 215 g/mol. The van der Waals surface area contributed by atoms with Crippen LogP contribution >= 0.6 is 23.2 Å². The molecule has 1 rings (SSSR count). The molecule has 0 aliphatic carbocycles. The van der Waals surface area contributed by atoms with Gasteiger partial charge in [-0.2, -0.15) is 0 Å². The largest absolute Gasteiger partial charge is 0.0894 e. The summed E-state index contributed by atoms with van der Waals surface area (Å²) >= 11 is 11.4. The molecule has 0 aliphatic heterocycles. The highest BCUT2D eigenvalue weighted by Crippen LogP contribution is 2.14. The Balaban J connectivity index is 2.68. The Morgan fingerprint density at radius 2 is 1.14 bits per heavy atom. The molecule has 0 heterocycles. The van der Waals surface area contributed by atoms with Crippen molar-refractivity contribution in [2.45, 2.75) is 12.8 Å². The maximum atomic E-state index is 5.71. The van der Waals surface area contributed by atoms with E-state index >= 15 is 0 Å². The van der Waals surface area contributed by atoms with Gasteiger partial charge in [-0.25, -0.2) is 0 Å². The normalized spacial score (nSPS) is 9.86. The molecule has 74 valence electrons. The first kappa shape index (κ1) is 11.4. The van der Waals surface area contributed by atoms with Crippen LogP contribution in [0.25, 0.3) is 0 Å². The van der Waals surface area contributed by atoms with Crippen molar-refractivity contribution < 1.29 is 0 Å². The van der Waals surface area contributed by atoms with Gasteiger partial charge in [-0.15, -0.1) is 0 Å². The molecule has 0 spiro atoms. The monoisotopic (exact) mass is 226 g/mol. The van der Waals surface area contributed by atoms with E-state index in [1.54, 1.807) is 0 Å². The van der Waals surface area contributed by atoms with E-state index in [4.69, 9.17) is 23.2 Å². The second kappa shape index (κ2) is 5.23. The molecule has 0 fully saturated rings. The number of halogens is 2. The highest BCUT2D eigenvalue weighted by atomic mass is 35.5. The molecule has 0 N–H and O–H groups in total. The summed E-state index contributed by atoms with van der Waals surface area (Å²) in [6.45, 7) is 7.30. The van der Waals surface area contributed by atoms with E-state index in [2.05, 4.69) is 13.2 Å². The van der Waals surface area contributed by atoms with Crippen molar-refractivity contribution >= 4 is 23.2 Å². The van der Waals surface area contributed by atoms with E-state index in [1.807, 2.05) is 24.3 Å². The van der Waals surface area contributed by atoms with Gasteiger partial charge in [0.05, 0.1) is 0 Å². The molecular formula is C12H12Cl2. The van der Waals surface area contributed by atoms with Gasteiger partial charge in [-0.05, 0) is 11.1 Å². The lowest BCUT2D eigenvalue weighted by Gasteiger charge is -2.02. The van der Waals surface area contributed by atoms with Crippen molar-refractivity contribution in [3.8, 4) is 0 Å². The van der Waals surface area contributed by atoms with Gasteiger partial charge in [0.1, 0.15) is 0 Å². The average Bonchev–Trinajstić information content (AvgIpc) is 2.06. The Hall–Kier alpha value is -0.720. The molecule has 0 radical (unpaired) electrons. The fourth-order valence-corrected chi connectivity index (χ4v) is 1.53. The van der Waals surface area contributed by atoms with Crippen molar-refractivity contribution in [3.05, 3.63) is 58.6 Å². The van der Waals surface area contributed by atoms with E-state index in [1.165, 1.54) is 0 Å². The molecule has 0 saturated carbocycles. The minimum absolute atomic E-state index is 0.652. The lowest BCUT2D eigenvalue weighted by atomic mass is 10.1. The molecule has 1 aromatic carbocycles. The summed E-state index contributed by atoms with van der Waals surface area (Å²) < 4.78 is 0. The van der Waals surface area contributed by atoms with Crippen molar-refractivity contribution in [3.63, 3.8) is 0 Å². The van der Waals surface area contributed by atoms with E-state index in [0.29, 0.717) is 22.9 Å². The van der Waals surface area contributed by atoms with E-state index in [-0.39, 0.29) is 0 Å². The van der Waals surface area contributed by atoms with Crippen LogP contribution in [0.3, 0.4) is 0 Å². The Labute approximate surface area is 94.8 Å². The molecule has 2 heteroatoms. The zero-order valence-corrected chi connectivity index (χ0v) is 9.41. The van der Waals surface area contributed by atoms with Crippen LogP contribution in [0.5, 0.6) is 0 Å². The first-order chi connectivity index (χ1) is 6.58. The summed E-state index contributed by atoms with van der Waals surface area (Å²) in [5, 5.41) is 1.30. The second-order valence-corrected chi connectivity index (χ2v) is 4.27. The second-order valence-electron chi connectivity index (χ2n) is 3.20. The third-order valence-corrected chi connectivity index (χ3v) is 2.08. The summed E-state index contributed by atoms with van der Waals surface area (Å²) in [6.07, 6.45) is 1.42. The smallest absolute Gasteiger partial charge is 0.0153 e. The van der Waals surface area contributed by atoms with Crippen LogP contribution in [0.2, 0.25) is 0 Å². The highest BCUT2D eigenvalue weighted by molar-refractivity contribution is 6.29. The zero-order valence-electron chi connectivity index (χ0n) is 7.89. The Morgan fingerprint density at radius 1 is 0.857 bits per heavy atom. The van der Waals surface area contributed by atoms with Gasteiger partial charge in [-0.3, -0.25) is 0 Å². The number of hydrogen-bond acceptors (Lipinski definition) is 0. The number of hydrogen-bond donors (Lipinski definition) is 0. The highest BCUT2D eigenvalue weighted by Gasteiger charge is 1.97. The summed E-state index contributed by atoms with van der Waals surface area (Å²) in [6, 6.07) is 8.12. The predicted molar refractivity (Wildman–Crippen MR) is 63.8 cm³/mol. The predicted octanol–water partition coefficient (Wildman–Crippen LogP) is 4.28. The third-order valence-electron chi connectivity index (χ3n) is 1.81. The zero-order chi connectivity index (χ0) is 10.6. The lowest BCUT2D eigenvalue weighted by molar-refractivity contribution is 1.20. The molecule has 0 unspecified atom stereocenters. The minimum Gasteiger partial charge on any atom is -0.0894 e. The Morgan fingerprint density at radius 3 is 1.36 bits per heavy atom. The van der Waals surface area contributed by atoms with Crippen molar-refractivity contribution in [2.75, 3.05) is 0 Å². The maximum Gasteiger partial charge on any atom is 0.0153 e. The SMILES string of the molecule is C=C(Cl)Cc1ccc(CC(=C)Cl)cc1. The summed E-state index contributed by atoms with van der Waals surface area (Å²) in [4.78, 5) is 0. The van der Waals surface area contributed by atoms with Crippen molar-refractivity contribution in [1.82, 2.24) is 0 Å². The van der Waals surface area contributed by atoms with Crippen LogP contribution < -0.4 is 0 Å². The van der Waals surface area contributed by atoms with Gasteiger partial charge in [0.15, 0.2) is 0 Å². The molecule has 0 bridgehead atoms. The molecule has 0 atom stereocenters. The molecule has 0 nitrogen and oxygen atoms in total. The Bertz CT molecular complexity index is 301. The average molecular weight is 227 g/mol. The maximum absolute atomic E-state index is 5.71. The molecule has 0 aromatic heterocycles. The molecule has 0 amide bonds. The third kappa shape index (κ3) is 3.99. The molecule has 1 aromatic rings. The fraction of sp³-hybridized carbons (Fsp3) is 0.167. The van der Waals surface area contributed by atoms with Crippen LogP contribution in [0.4, 0.5) is 0 Å². The van der Waals surface area contributed by atoms with Crippen LogP contribution in [0, 0.1) is 0 Å². The van der Waals surface area contributed by atoms with Gasteiger partial charge >= 0.3 is 0 Å². The Kier molecular flexibility index (Phi) is 4.24. The molecule has 0 saturated heterocycles. The van der Waals surface area contributed by atoms with Crippen molar-refractivity contribution in [2.24, 2.45) is 0 Å². The van der Waals surface area contributed by atoms with Gasteiger partial charge in [0, 0.05) is 22.9 Å². The standard InChI is InChI=1S/C12H12Cl2/c1-9(13)7-11-3-5-12(6-4-11)8-10(2)14/h3-6H,1-2,7-8H2.